The number of benzene rings is 1. The number of ether oxygens (including phenoxy) is 1. The average Bonchev–Trinajstić information content (AvgIpc) is 3.39. The smallest absolute Gasteiger partial charge is 0.420 e. The highest BCUT2D eigenvalue weighted by atomic mass is 16.6. The number of aromatic carboxylic acids is 1. The first-order valence-electron chi connectivity index (χ1n) is 9.29. The highest BCUT2D eigenvalue weighted by Gasteiger charge is 2.29. The zero-order chi connectivity index (χ0) is 22.2. The van der Waals surface area contributed by atoms with Crippen LogP contribution in [0.5, 0.6) is 0 Å². The molecule has 11 nitrogen and oxygen atoms in total. The summed E-state index contributed by atoms with van der Waals surface area (Å²) in [5.74, 6) is -0.983. The number of fused-ring (bicyclic) bond motifs is 1. The van der Waals surface area contributed by atoms with E-state index in [1.165, 1.54) is 40.1 Å². The van der Waals surface area contributed by atoms with Crippen LogP contribution >= 0.6 is 0 Å². The van der Waals surface area contributed by atoms with Crippen molar-refractivity contribution in [3.63, 3.8) is 0 Å². The number of nitrogens with one attached hydrogen (secondary N) is 1. The van der Waals surface area contributed by atoms with Crippen molar-refractivity contribution >= 4 is 29.2 Å². The van der Waals surface area contributed by atoms with Crippen LogP contribution in [-0.4, -0.2) is 52.5 Å². The van der Waals surface area contributed by atoms with Crippen molar-refractivity contribution < 1.29 is 19.4 Å². The van der Waals surface area contributed by atoms with Gasteiger partial charge in [0, 0.05) is 11.8 Å². The summed E-state index contributed by atoms with van der Waals surface area (Å²) in [5.41, 5.74) is 1.10. The van der Waals surface area contributed by atoms with Gasteiger partial charge in [-0.3, -0.25) is 5.10 Å². The Hall–Kier alpha value is -4.28. The summed E-state index contributed by atoms with van der Waals surface area (Å²) >= 11 is 0. The van der Waals surface area contributed by atoms with E-state index in [0.717, 1.165) is 5.56 Å². The van der Waals surface area contributed by atoms with E-state index in [4.69, 9.17) is 4.74 Å². The number of hydrogen-bond donors (Lipinski definition) is 2. The Morgan fingerprint density at radius 2 is 2.00 bits per heavy atom. The molecule has 0 aliphatic heterocycles. The number of rotatable bonds is 4. The van der Waals surface area contributed by atoms with Crippen molar-refractivity contribution in [2.75, 3.05) is 4.90 Å². The molecule has 11 heteroatoms. The quantitative estimate of drug-likeness (QED) is 0.512. The lowest BCUT2D eigenvalue weighted by molar-refractivity contribution is 0.0596. The van der Waals surface area contributed by atoms with Gasteiger partial charge >= 0.3 is 12.1 Å². The second kappa shape index (κ2) is 7.52. The SMILES string of the molecule is CC(C)(C)OC(=O)N(c1cccc(C(=O)O)c1)c1ncc(-c2cn[nH]c2)n2ncnc12. The Morgan fingerprint density at radius 1 is 1.19 bits per heavy atom. The molecule has 0 saturated heterocycles. The molecule has 1 aromatic carbocycles. The molecule has 0 aliphatic rings. The van der Waals surface area contributed by atoms with Gasteiger partial charge in [0.1, 0.15) is 11.9 Å². The normalized spacial score (nSPS) is 11.5. The zero-order valence-corrected chi connectivity index (χ0v) is 17.0. The average molecular weight is 421 g/mol. The van der Waals surface area contributed by atoms with Gasteiger partial charge in [0.15, 0.2) is 11.5 Å². The van der Waals surface area contributed by atoms with Crippen LogP contribution in [0, 0.1) is 0 Å². The topological polar surface area (TPSA) is 139 Å². The lowest BCUT2D eigenvalue weighted by Crippen LogP contribution is -2.34. The molecule has 31 heavy (non-hydrogen) atoms. The largest absolute Gasteiger partial charge is 0.478 e. The van der Waals surface area contributed by atoms with E-state index >= 15 is 0 Å². The minimum absolute atomic E-state index is 0.0126. The lowest BCUT2D eigenvalue weighted by atomic mass is 10.2. The highest BCUT2D eigenvalue weighted by molar-refractivity contribution is 6.00. The van der Waals surface area contributed by atoms with Gasteiger partial charge in [0.25, 0.3) is 0 Å². The van der Waals surface area contributed by atoms with E-state index < -0.39 is 17.7 Å². The molecule has 0 bridgehead atoms. The number of amides is 1. The van der Waals surface area contributed by atoms with Crippen LogP contribution in [-0.2, 0) is 4.74 Å². The van der Waals surface area contributed by atoms with Gasteiger partial charge in [-0.1, -0.05) is 6.07 Å². The number of carboxylic acid groups (broad SMARTS) is 1. The molecular formula is C20H19N7O4. The third kappa shape index (κ3) is 3.92. The van der Waals surface area contributed by atoms with Crippen LogP contribution in [0.4, 0.5) is 16.3 Å². The first-order chi connectivity index (χ1) is 14.7. The third-order valence-electron chi connectivity index (χ3n) is 4.22. The molecule has 4 aromatic rings. The monoisotopic (exact) mass is 421 g/mol. The van der Waals surface area contributed by atoms with Crippen molar-refractivity contribution in [3.8, 4) is 11.3 Å². The number of hydrogen-bond acceptors (Lipinski definition) is 7. The molecule has 3 aromatic heterocycles. The Bertz CT molecular complexity index is 1260. The van der Waals surface area contributed by atoms with Crippen LogP contribution in [0.3, 0.4) is 0 Å². The van der Waals surface area contributed by atoms with Gasteiger partial charge in [-0.15, -0.1) is 0 Å². The fourth-order valence-electron chi connectivity index (χ4n) is 2.95. The van der Waals surface area contributed by atoms with Crippen LogP contribution in [0.1, 0.15) is 31.1 Å². The molecule has 3 heterocycles. The van der Waals surface area contributed by atoms with Crippen molar-refractivity contribution in [3.05, 3.63) is 54.7 Å². The van der Waals surface area contributed by atoms with Crippen molar-refractivity contribution in [1.29, 1.82) is 0 Å². The summed E-state index contributed by atoms with van der Waals surface area (Å²) in [6, 6.07) is 5.93. The van der Waals surface area contributed by atoms with Crippen molar-refractivity contribution in [2.45, 2.75) is 26.4 Å². The molecule has 0 atom stereocenters. The maximum atomic E-state index is 13.2. The molecule has 2 N–H and O–H groups in total. The summed E-state index contributed by atoms with van der Waals surface area (Å²) in [6.07, 6.45) is 5.42. The van der Waals surface area contributed by atoms with Crippen molar-refractivity contribution in [2.24, 2.45) is 0 Å². The first-order valence-corrected chi connectivity index (χ1v) is 9.29. The van der Waals surface area contributed by atoms with Crippen LogP contribution in [0.2, 0.25) is 0 Å². The summed E-state index contributed by atoms with van der Waals surface area (Å²) in [7, 11) is 0. The fourth-order valence-corrected chi connectivity index (χ4v) is 2.95. The molecule has 0 unspecified atom stereocenters. The number of nitrogens with zero attached hydrogens (tertiary/aromatic N) is 6. The Balaban J connectivity index is 1.90. The molecular weight excluding hydrogens is 402 g/mol. The minimum Gasteiger partial charge on any atom is -0.478 e. The number of anilines is 2. The zero-order valence-electron chi connectivity index (χ0n) is 17.0. The molecule has 0 fully saturated rings. The third-order valence-corrected chi connectivity index (χ3v) is 4.22. The summed E-state index contributed by atoms with van der Waals surface area (Å²) < 4.78 is 7.08. The van der Waals surface area contributed by atoms with Crippen LogP contribution in [0.25, 0.3) is 16.9 Å². The van der Waals surface area contributed by atoms with Crippen LogP contribution in [0.15, 0.2) is 49.2 Å². The van der Waals surface area contributed by atoms with Gasteiger partial charge in [0.2, 0.25) is 0 Å². The predicted molar refractivity (Wildman–Crippen MR) is 110 cm³/mol. The number of carbonyl (C=O) groups excluding carboxylic acids is 1. The molecule has 158 valence electrons. The summed E-state index contributed by atoms with van der Waals surface area (Å²) in [4.78, 5) is 34.5. The maximum absolute atomic E-state index is 13.2. The first kappa shape index (κ1) is 20.0. The number of aromatic nitrogens is 6. The molecule has 0 aliphatic carbocycles. The highest BCUT2D eigenvalue weighted by Crippen LogP contribution is 2.31. The van der Waals surface area contributed by atoms with E-state index in [1.807, 2.05) is 0 Å². The van der Waals surface area contributed by atoms with Gasteiger partial charge in [-0.25, -0.2) is 29.0 Å². The van der Waals surface area contributed by atoms with E-state index in [1.54, 1.807) is 39.2 Å². The van der Waals surface area contributed by atoms with Gasteiger partial charge in [0.05, 0.1) is 29.3 Å². The van der Waals surface area contributed by atoms with Crippen LogP contribution < -0.4 is 4.90 Å². The Labute approximate surface area is 176 Å². The summed E-state index contributed by atoms with van der Waals surface area (Å²) in [5, 5.41) is 20.3. The second-order valence-corrected chi connectivity index (χ2v) is 7.62. The molecule has 0 saturated carbocycles. The molecule has 0 spiro atoms. The number of H-pyrrole nitrogens is 1. The van der Waals surface area contributed by atoms with Gasteiger partial charge < -0.3 is 9.84 Å². The molecule has 4 rings (SSSR count). The fraction of sp³-hybridized carbons (Fsp3) is 0.200. The Morgan fingerprint density at radius 3 is 2.68 bits per heavy atom. The lowest BCUT2D eigenvalue weighted by Gasteiger charge is -2.27. The van der Waals surface area contributed by atoms with E-state index in [0.29, 0.717) is 5.69 Å². The number of aromatic amines is 1. The molecule has 0 radical (unpaired) electrons. The predicted octanol–water partition coefficient (Wildman–Crippen LogP) is 3.29. The molecule has 1 amide bonds. The number of carboxylic acids is 1. The van der Waals surface area contributed by atoms with E-state index in [9.17, 15) is 14.7 Å². The summed E-state index contributed by atoms with van der Waals surface area (Å²) in [6.45, 7) is 5.20. The Kier molecular flexibility index (Phi) is 4.85. The second-order valence-electron chi connectivity index (χ2n) is 7.62. The minimum atomic E-state index is -1.12. The van der Waals surface area contributed by atoms with Gasteiger partial charge in [-0.2, -0.15) is 10.2 Å². The van der Waals surface area contributed by atoms with E-state index in [-0.39, 0.29) is 22.7 Å². The maximum Gasteiger partial charge on any atom is 0.420 e. The standard InChI is InChI=1S/C20H19N7O4/c1-20(2,3)31-19(30)26(14-6-4-5-12(7-14)18(28)29)16-17-22-11-25-27(17)15(10-21-16)13-8-23-24-9-13/h4-11H,1-3H3,(H,23,24)(H,28,29). The van der Waals surface area contributed by atoms with Gasteiger partial charge in [-0.05, 0) is 39.0 Å². The van der Waals surface area contributed by atoms with Crippen molar-refractivity contribution in [1.82, 2.24) is 29.8 Å². The number of carbonyl (C=O) groups is 2. The van der Waals surface area contributed by atoms with E-state index in [2.05, 4.69) is 25.3 Å².